The SMILES string of the molecule is COc1cc(NS(=O)(=O)CCN)ccc1Cl. The van der Waals surface area contributed by atoms with Gasteiger partial charge in [-0.05, 0) is 12.1 Å². The average Bonchev–Trinajstić information content (AvgIpc) is 2.20. The van der Waals surface area contributed by atoms with Crippen LogP contribution in [0.25, 0.3) is 0 Å². The highest BCUT2D eigenvalue weighted by molar-refractivity contribution is 7.92. The Kier molecular flexibility index (Phi) is 4.40. The lowest BCUT2D eigenvalue weighted by Gasteiger charge is -2.09. The molecule has 0 aliphatic rings. The first kappa shape index (κ1) is 13.1. The Morgan fingerprint density at radius 2 is 2.19 bits per heavy atom. The maximum Gasteiger partial charge on any atom is 0.233 e. The first-order valence-electron chi connectivity index (χ1n) is 4.52. The second-order valence-corrected chi connectivity index (χ2v) is 5.31. The summed E-state index contributed by atoms with van der Waals surface area (Å²) in [5.74, 6) is 0.285. The fourth-order valence-corrected chi connectivity index (χ4v) is 2.20. The summed E-state index contributed by atoms with van der Waals surface area (Å²) < 4.78 is 30.2. The highest BCUT2D eigenvalue weighted by Crippen LogP contribution is 2.27. The van der Waals surface area contributed by atoms with Crippen LogP contribution in [0.5, 0.6) is 5.75 Å². The molecule has 16 heavy (non-hydrogen) atoms. The molecular formula is C9H13ClN2O3S. The van der Waals surface area contributed by atoms with E-state index < -0.39 is 10.0 Å². The lowest BCUT2D eigenvalue weighted by molar-refractivity contribution is 0.415. The maximum atomic E-state index is 11.4. The van der Waals surface area contributed by atoms with Gasteiger partial charge in [-0.3, -0.25) is 4.72 Å². The minimum absolute atomic E-state index is 0.0695. The molecule has 5 nitrogen and oxygen atoms in total. The summed E-state index contributed by atoms with van der Waals surface area (Å²) in [4.78, 5) is 0. The molecule has 0 aromatic heterocycles. The molecule has 0 radical (unpaired) electrons. The summed E-state index contributed by atoms with van der Waals surface area (Å²) in [6, 6.07) is 4.62. The Morgan fingerprint density at radius 3 is 2.75 bits per heavy atom. The molecular weight excluding hydrogens is 252 g/mol. The number of nitrogens with two attached hydrogens (primary N) is 1. The van der Waals surface area contributed by atoms with Gasteiger partial charge in [-0.1, -0.05) is 11.6 Å². The number of nitrogens with one attached hydrogen (secondary N) is 1. The Bertz CT molecular complexity index is 462. The van der Waals surface area contributed by atoms with Gasteiger partial charge < -0.3 is 10.5 Å². The Labute approximate surface area is 99.6 Å². The van der Waals surface area contributed by atoms with E-state index in [1.54, 1.807) is 12.1 Å². The van der Waals surface area contributed by atoms with Crippen molar-refractivity contribution >= 4 is 27.3 Å². The zero-order valence-electron chi connectivity index (χ0n) is 8.73. The van der Waals surface area contributed by atoms with Gasteiger partial charge in [-0.2, -0.15) is 0 Å². The minimum atomic E-state index is -3.40. The third-order valence-electron chi connectivity index (χ3n) is 1.81. The predicted octanol–water partition coefficient (Wildman–Crippen LogP) is 1.05. The van der Waals surface area contributed by atoms with Crippen molar-refractivity contribution < 1.29 is 13.2 Å². The third kappa shape index (κ3) is 3.55. The van der Waals surface area contributed by atoms with E-state index in [-0.39, 0.29) is 12.3 Å². The van der Waals surface area contributed by atoms with E-state index in [0.29, 0.717) is 16.5 Å². The van der Waals surface area contributed by atoms with Crippen LogP contribution in [0, 0.1) is 0 Å². The number of benzene rings is 1. The van der Waals surface area contributed by atoms with Crippen molar-refractivity contribution in [2.45, 2.75) is 0 Å². The molecule has 0 aliphatic carbocycles. The minimum Gasteiger partial charge on any atom is -0.495 e. The van der Waals surface area contributed by atoms with Crippen LogP contribution >= 0.6 is 11.6 Å². The van der Waals surface area contributed by atoms with Crippen molar-refractivity contribution in [1.82, 2.24) is 0 Å². The molecule has 0 unspecified atom stereocenters. The molecule has 1 rings (SSSR count). The Balaban J connectivity index is 2.90. The topological polar surface area (TPSA) is 81.4 Å². The number of anilines is 1. The van der Waals surface area contributed by atoms with E-state index in [0.717, 1.165) is 0 Å². The van der Waals surface area contributed by atoms with E-state index in [1.807, 2.05) is 0 Å². The van der Waals surface area contributed by atoms with Gasteiger partial charge in [0.15, 0.2) is 0 Å². The molecule has 0 atom stereocenters. The third-order valence-corrected chi connectivity index (χ3v) is 3.44. The average molecular weight is 265 g/mol. The van der Waals surface area contributed by atoms with Crippen LogP contribution in [0.3, 0.4) is 0 Å². The fourth-order valence-electron chi connectivity index (χ4n) is 1.11. The largest absolute Gasteiger partial charge is 0.495 e. The molecule has 0 amide bonds. The predicted molar refractivity (Wildman–Crippen MR) is 64.5 cm³/mol. The van der Waals surface area contributed by atoms with Crippen molar-refractivity contribution in [1.29, 1.82) is 0 Å². The fraction of sp³-hybridized carbons (Fsp3) is 0.333. The molecule has 1 aromatic carbocycles. The normalized spacial score (nSPS) is 11.2. The van der Waals surface area contributed by atoms with Crippen LogP contribution in [-0.2, 0) is 10.0 Å². The van der Waals surface area contributed by atoms with Crippen molar-refractivity contribution in [3.8, 4) is 5.75 Å². The summed E-state index contributed by atoms with van der Waals surface area (Å²) in [6.45, 7) is 0.0695. The molecule has 90 valence electrons. The first-order chi connectivity index (χ1) is 7.48. The van der Waals surface area contributed by atoms with Gasteiger partial charge in [0.2, 0.25) is 10.0 Å². The van der Waals surface area contributed by atoms with Crippen LogP contribution in [0.2, 0.25) is 5.02 Å². The second kappa shape index (κ2) is 5.38. The van der Waals surface area contributed by atoms with Crippen molar-refractivity contribution in [3.05, 3.63) is 23.2 Å². The smallest absolute Gasteiger partial charge is 0.233 e. The number of ether oxygens (including phenoxy) is 1. The van der Waals surface area contributed by atoms with Crippen LogP contribution in [0.1, 0.15) is 0 Å². The van der Waals surface area contributed by atoms with Crippen LogP contribution in [0.15, 0.2) is 18.2 Å². The molecule has 0 fully saturated rings. The lowest BCUT2D eigenvalue weighted by atomic mass is 10.3. The second-order valence-electron chi connectivity index (χ2n) is 3.06. The van der Waals surface area contributed by atoms with E-state index >= 15 is 0 Å². The molecule has 3 N–H and O–H groups in total. The summed E-state index contributed by atoms with van der Waals surface area (Å²) >= 11 is 5.81. The zero-order chi connectivity index (χ0) is 12.2. The van der Waals surface area contributed by atoms with Gasteiger partial charge in [0.05, 0.1) is 23.6 Å². The van der Waals surface area contributed by atoms with Gasteiger partial charge in [-0.25, -0.2) is 8.42 Å². The molecule has 1 aromatic rings. The molecule has 0 saturated carbocycles. The van der Waals surface area contributed by atoms with Crippen molar-refractivity contribution in [3.63, 3.8) is 0 Å². The number of methoxy groups -OCH3 is 1. The highest BCUT2D eigenvalue weighted by Gasteiger charge is 2.10. The summed E-state index contributed by atoms with van der Waals surface area (Å²) in [7, 11) is -1.94. The maximum absolute atomic E-state index is 11.4. The molecule has 0 aliphatic heterocycles. The van der Waals surface area contributed by atoms with Crippen LogP contribution in [0.4, 0.5) is 5.69 Å². The standard InChI is InChI=1S/C9H13ClN2O3S/c1-15-9-6-7(2-3-8(9)10)12-16(13,14)5-4-11/h2-3,6,12H,4-5,11H2,1H3. The highest BCUT2D eigenvalue weighted by atomic mass is 35.5. The zero-order valence-corrected chi connectivity index (χ0v) is 10.3. The van der Waals surface area contributed by atoms with Gasteiger partial charge in [0.1, 0.15) is 5.75 Å². The van der Waals surface area contributed by atoms with E-state index in [4.69, 9.17) is 22.1 Å². The molecule has 0 heterocycles. The van der Waals surface area contributed by atoms with Gasteiger partial charge in [0, 0.05) is 12.6 Å². The number of halogens is 1. The summed E-state index contributed by atoms with van der Waals surface area (Å²) in [6.07, 6.45) is 0. The number of sulfonamides is 1. The molecule has 0 bridgehead atoms. The lowest BCUT2D eigenvalue weighted by Crippen LogP contribution is -2.22. The first-order valence-corrected chi connectivity index (χ1v) is 6.55. The van der Waals surface area contributed by atoms with Gasteiger partial charge >= 0.3 is 0 Å². The summed E-state index contributed by atoms with van der Waals surface area (Å²) in [5, 5.41) is 0.421. The number of hydrogen-bond donors (Lipinski definition) is 2. The monoisotopic (exact) mass is 264 g/mol. The molecule has 0 spiro atoms. The Morgan fingerprint density at radius 1 is 1.50 bits per heavy atom. The van der Waals surface area contributed by atoms with Gasteiger partial charge in [-0.15, -0.1) is 0 Å². The number of hydrogen-bond acceptors (Lipinski definition) is 4. The van der Waals surface area contributed by atoms with Crippen molar-refractivity contribution in [2.24, 2.45) is 5.73 Å². The van der Waals surface area contributed by atoms with Crippen molar-refractivity contribution in [2.75, 3.05) is 24.1 Å². The Hall–Kier alpha value is -0.980. The van der Waals surface area contributed by atoms with Crippen LogP contribution in [-0.4, -0.2) is 27.8 Å². The van der Waals surface area contributed by atoms with E-state index in [1.165, 1.54) is 13.2 Å². The summed E-state index contributed by atoms with van der Waals surface area (Å²) in [5.41, 5.74) is 5.58. The molecule has 7 heteroatoms. The molecule has 0 saturated heterocycles. The van der Waals surface area contributed by atoms with Crippen LogP contribution < -0.4 is 15.2 Å². The van der Waals surface area contributed by atoms with E-state index in [2.05, 4.69) is 4.72 Å². The number of rotatable bonds is 5. The van der Waals surface area contributed by atoms with Gasteiger partial charge in [0.25, 0.3) is 0 Å². The van der Waals surface area contributed by atoms with E-state index in [9.17, 15) is 8.42 Å². The quantitative estimate of drug-likeness (QED) is 0.833.